The maximum Gasteiger partial charge on any atom is 0.311 e. The molecule has 154 valence electrons. The molecule has 3 heterocycles. The van der Waals surface area contributed by atoms with Gasteiger partial charge in [0.15, 0.2) is 5.76 Å². The van der Waals surface area contributed by atoms with Crippen molar-refractivity contribution in [3.8, 4) is 0 Å². The van der Waals surface area contributed by atoms with Gasteiger partial charge in [0.2, 0.25) is 0 Å². The largest absolute Gasteiger partial charge is 0.481 e. The lowest BCUT2D eigenvalue weighted by atomic mass is 9.80. The van der Waals surface area contributed by atoms with Gasteiger partial charge in [-0.05, 0) is 43.9 Å². The second kappa shape index (κ2) is 7.91. The standard InChI is InChI=1S/C22H26N2O5/c1-15-12-16-4-2-3-5-18(16)24(15)13-17-6-9-29-19(17)20(25)23-14-22(21(26)27)7-10-28-11-8-22/h2-6,9,15H,7-8,10-14H2,1H3,(H,23,25)(H,26,27). The van der Waals surface area contributed by atoms with Crippen LogP contribution in [0.3, 0.4) is 0 Å². The van der Waals surface area contributed by atoms with Crippen LogP contribution in [0.15, 0.2) is 41.0 Å². The molecule has 0 spiro atoms. The quantitative estimate of drug-likeness (QED) is 0.777. The first-order chi connectivity index (χ1) is 14.0. The molecule has 1 amide bonds. The molecule has 7 nitrogen and oxygen atoms in total. The molecular formula is C22H26N2O5. The smallest absolute Gasteiger partial charge is 0.311 e. The Bertz CT molecular complexity index is 900. The number of anilines is 1. The van der Waals surface area contributed by atoms with Crippen molar-refractivity contribution in [3.63, 3.8) is 0 Å². The lowest BCUT2D eigenvalue weighted by molar-refractivity contribution is -0.154. The van der Waals surface area contributed by atoms with Gasteiger partial charge in [-0.25, -0.2) is 0 Å². The third-order valence-corrected chi connectivity index (χ3v) is 6.13. The van der Waals surface area contributed by atoms with Crippen molar-refractivity contribution in [2.24, 2.45) is 5.41 Å². The second-order valence-electron chi connectivity index (χ2n) is 7.97. The summed E-state index contributed by atoms with van der Waals surface area (Å²) < 4.78 is 10.8. The van der Waals surface area contributed by atoms with Crippen LogP contribution in [0.2, 0.25) is 0 Å². The Balaban J connectivity index is 1.46. The fraction of sp³-hybridized carbons (Fsp3) is 0.455. The molecule has 2 N–H and O–H groups in total. The molecule has 2 aromatic rings. The first-order valence-corrected chi connectivity index (χ1v) is 10.0. The molecule has 29 heavy (non-hydrogen) atoms. The van der Waals surface area contributed by atoms with E-state index in [1.54, 1.807) is 0 Å². The van der Waals surface area contributed by atoms with E-state index >= 15 is 0 Å². The molecule has 1 saturated heterocycles. The number of nitrogens with zero attached hydrogens (tertiary/aromatic N) is 1. The lowest BCUT2D eigenvalue weighted by Crippen LogP contribution is -2.46. The van der Waals surface area contributed by atoms with Crippen molar-refractivity contribution in [2.75, 3.05) is 24.7 Å². The predicted molar refractivity (Wildman–Crippen MR) is 107 cm³/mol. The fourth-order valence-corrected chi connectivity index (χ4v) is 4.27. The number of nitrogens with one attached hydrogen (secondary N) is 1. The maximum atomic E-state index is 12.8. The molecule has 0 radical (unpaired) electrons. The van der Waals surface area contributed by atoms with Gasteiger partial charge in [-0.1, -0.05) is 18.2 Å². The zero-order valence-corrected chi connectivity index (χ0v) is 16.5. The molecule has 0 bridgehead atoms. The average Bonchev–Trinajstić information content (AvgIpc) is 3.31. The summed E-state index contributed by atoms with van der Waals surface area (Å²) in [6.07, 6.45) is 3.25. The Morgan fingerprint density at radius 2 is 2.00 bits per heavy atom. The third kappa shape index (κ3) is 3.74. The summed E-state index contributed by atoms with van der Waals surface area (Å²) >= 11 is 0. The number of amides is 1. The number of carboxylic acids is 1. The molecule has 2 aliphatic rings. The minimum absolute atomic E-state index is 0.0631. The first kappa shape index (κ1) is 19.5. The van der Waals surface area contributed by atoms with E-state index in [9.17, 15) is 14.7 Å². The van der Waals surface area contributed by atoms with Gasteiger partial charge in [-0.3, -0.25) is 9.59 Å². The van der Waals surface area contributed by atoms with Crippen molar-refractivity contribution in [1.82, 2.24) is 5.32 Å². The summed E-state index contributed by atoms with van der Waals surface area (Å²) in [4.78, 5) is 26.8. The van der Waals surface area contributed by atoms with Gasteiger partial charge < -0.3 is 24.5 Å². The Morgan fingerprint density at radius 1 is 1.24 bits per heavy atom. The SMILES string of the molecule is CC1Cc2ccccc2N1Cc1ccoc1C(=O)NCC1(C(=O)O)CCOCC1. The van der Waals surface area contributed by atoms with Gasteiger partial charge in [-0.2, -0.15) is 0 Å². The molecule has 1 aromatic carbocycles. The number of carbonyl (C=O) groups is 2. The lowest BCUT2D eigenvalue weighted by Gasteiger charge is -2.33. The number of rotatable bonds is 6. The summed E-state index contributed by atoms with van der Waals surface area (Å²) in [5.41, 5.74) is 2.29. The number of hydrogen-bond donors (Lipinski definition) is 2. The van der Waals surface area contributed by atoms with Crippen LogP contribution in [0, 0.1) is 5.41 Å². The van der Waals surface area contributed by atoms with E-state index in [4.69, 9.17) is 9.15 Å². The van der Waals surface area contributed by atoms with Crippen LogP contribution < -0.4 is 10.2 Å². The second-order valence-corrected chi connectivity index (χ2v) is 7.97. The normalized spacial score (nSPS) is 20.3. The van der Waals surface area contributed by atoms with E-state index in [-0.39, 0.29) is 18.2 Å². The zero-order chi connectivity index (χ0) is 20.4. The number of hydrogen-bond acceptors (Lipinski definition) is 5. The number of ether oxygens (including phenoxy) is 1. The molecule has 2 aliphatic heterocycles. The van der Waals surface area contributed by atoms with E-state index in [1.165, 1.54) is 17.5 Å². The molecule has 1 unspecified atom stereocenters. The van der Waals surface area contributed by atoms with Gasteiger partial charge >= 0.3 is 5.97 Å². The van der Waals surface area contributed by atoms with E-state index < -0.39 is 11.4 Å². The highest BCUT2D eigenvalue weighted by atomic mass is 16.5. The van der Waals surface area contributed by atoms with Crippen LogP contribution in [-0.2, 0) is 22.5 Å². The summed E-state index contributed by atoms with van der Waals surface area (Å²) in [6.45, 7) is 3.57. The van der Waals surface area contributed by atoms with Crippen LogP contribution in [0.5, 0.6) is 0 Å². The van der Waals surface area contributed by atoms with Crippen LogP contribution in [0.1, 0.15) is 41.4 Å². The van der Waals surface area contributed by atoms with Crippen molar-refractivity contribution < 1.29 is 23.8 Å². The maximum absolute atomic E-state index is 12.8. The Morgan fingerprint density at radius 3 is 2.76 bits per heavy atom. The minimum atomic E-state index is -0.983. The Labute approximate surface area is 169 Å². The zero-order valence-electron chi connectivity index (χ0n) is 16.5. The summed E-state index contributed by atoms with van der Waals surface area (Å²) in [7, 11) is 0. The highest BCUT2D eigenvalue weighted by molar-refractivity contribution is 5.93. The van der Waals surface area contributed by atoms with Crippen molar-refractivity contribution in [1.29, 1.82) is 0 Å². The summed E-state index contributed by atoms with van der Waals surface area (Å²) in [5.74, 6) is -1.03. The molecule has 4 rings (SSSR count). The topological polar surface area (TPSA) is 92.0 Å². The summed E-state index contributed by atoms with van der Waals surface area (Å²) in [6, 6.07) is 10.4. The number of benzene rings is 1. The van der Waals surface area contributed by atoms with Gasteiger partial charge in [0.1, 0.15) is 0 Å². The molecule has 1 atom stereocenters. The van der Waals surface area contributed by atoms with Crippen LogP contribution >= 0.6 is 0 Å². The fourth-order valence-electron chi connectivity index (χ4n) is 4.27. The van der Waals surface area contributed by atoms with E-state index in [1.807, 2.05) is 18.2 Å². The van der Waals surface area contributed by atoms with Crippen molar-refractivity contribution in [3.05, 3.63) is 53.5 Å². The monoisotopic (exact) mass is 398 g/mol. The number of para-hydroxylation sites is 1. The van der Waals surface area contributed by atoms with Crippen LogP contribution in [0.4, 0.5) is 5.69 Å². The number of carboxylic acid groups (broad SMARTS) is 1. The predicted octanol–water partition coefficient (Wildman–Crippen LogP) is 2.84. The van der Waals surface area contributed by atoms with E-state index in [0.717, 1.165) is 12.0 Å². The van der Waals surface area contributed by atoms with Gasteiger partial charge in [0.25, 0.3) is 5.91 Å². The molecule has 1 aromatic heterocycles. The molecule has 0 saturated carbocycles. The molecule has 1 fully saturated rings. The molecular weight excluding hydrogens is 372 g/mol. The first-order valence-electron chi connectivity index (χ1n) is 10.0. The number of carbonyl (C=O) groups excluding carboxylic acids is 1. The van der Waals surface area contributed by atoms with Crippen molar-refractivity contribution >= 4 is 17.6 Å². The highest BCUT2D eigenvalue weighted by Crippen LogP contribution is 2.34. The number of fused-ring (bicyclic) bond motifs is 1. The van der Waals surface area contributed by atoms with Gasteiger partial charge in [0.05, 0.1) is 11.7 Å². The number of aliphatic carboxylic acids is 1. The molecule has 0 aliphatic carbocycles. The van der Waals surface area contributed by atoms with Crippen LogP contribution in [0.25, 0.3) is 0 Å². The van der Waals surface area contributed by atoms with E-state index in [0.29, 0.717) is 38.6 Å². The third-order valence-electron chi connectivity index (χ3n) is 6.13. The van der Waals surface area contributed by atoms with Gasteiger partial charge in [-0.15, -0.1) is 0 Å². The Hall–Kier alpha value is -2.80. The Kier molecular flexibility index (Phi) is 5.32. The molecule has 7 heteroatoms. The van der Waals surface area contributed by atoms with Crippen molar-refractivity contribution in [2.45, 2.75) is 38.8 Å². The van der Waals surface area contributed by atoms with Crippen LogP contribution in [-0.4, -0.2) is 42.8 Å². The average molecular weight is 398 g/mol. The minimum Gasteiger partial charge on any atom is -0.481 e. The number of furan rings is 1. The van der Waals surface area contributed by atoms with E-state index in [2.05, 4.69) is 29.3 Å². The summed E-state index contributed by atoms with van der Waals surface area (Å²) in [5, 5.41) is 12.4. The highest BCUT2D eigenvalue weighted by Gasteiger charge is 2.40. The van der Waals surface area contributed by atoms with Gasteiger partial charge in [0, 0.05) is 43.6 Å².